The minimum Gasteiger partial charge on any atom is -0.386 e. The van der Waals surface area contributed by atoms with E-state index in [1.54, 1.807) is 0 Å². The van der Waals surface area contributed by atoms with E-state index < -0.39 is 0 Å². The zero-order valence-corrected chi connectivity index (χ0v) is 9.16. The second-order valence-electron chi connectivity index (χ2n) is 3.46. The van der Waals surface area contributed by atoms with Crippen LogP contribution in [0.5, 0.6) is 0 Å². The quantitative estimate of drug-likeness (QED) is 0.649. The number of fused-ring (bicyclic) bond motifs is 1. The first-order valence-electron chi connectivity index (χ1n) is 4.42. The Labute approximate surface area is 91.4 Å². The lowest BCUT2D eigenvalue weighted by molar-refractivity contribution is 0.329. The molecule has 1 aliphatic heterocycles. The molecule has 2 rings (SSSR count). The van der Waals surface area contributed by atoms with Crippen molar-refractivity contribution in [2.45, 2.75) is 37.8 Å². The normalized spacial score (nSPS) is 31.8. The Hall–Kier alpha value is 0.01000. The van der Waals surface area contributed by atoms with Gasteiger partial charge in [0, 0.05) is 6.04 Å². The van der Waals surface area contributed by atoms with E-state index in [1.165, 1.54) is 25.7 Å². The van der Waals surface area contributed by atoms with Crippen molar-refractivity contribution >= 4 is 30.6 Å². The highest BCUT2D eigenvalue weighted by Gasteiger charge is 2.26. The molecule has 1 fully saturated rings. The molecule has 0 radical (unpaired) electrons. The van der Waals surface area contributed by atoms with E-state index in [0.29, 0.717) is 12.1 Å². The van der Waals surface area contributed by atoms with Gasteiger partial charge in [-0.05, 0) is 12.8 Å². The summed E-state index contributed by atoms with van der Waals surface area (Å²) in [6.07, 6.45) is 5.17. The Kier molecular flexibility index (Phi) is 5.68. The molecule has 0 aromatic carbocycles. The predicted octanol–water partition coefficient (Wildman–Crippen LogP) is 1.10. The second-order valence-corrected chi connectivity index (χ2v) is 3.46. The molecule has 1 saturated carbocycles. The van der Waals surface area contributed by atoms with Crippen LogP contribution in [0.25, 0.3) is 0 Å². The topological polar surface area (TPSA) is 50.4 Å². The standard InChI is InChI=1S/C8H15N3.2ClH/c9-8-5-10-6-3-1-2-4-7(6)11-8;;/h6-7,10H,1-5H2,(H2,9,11);2*1H/t6-,7-;;/m1../s1. The summed E-state index contributed by atoms with van der Waals surface area (Å²) in [5.74, 6) is 0.785. The molecule has 78 valence electrons. The molecule has 0 spiro atoms. The molecule has 3 N–H and O–H groups in total. The molecule has 0 amide bonds. The number of aliphatic imine (C=N–C) groups is 1. The summed E-state index contributed by atoms with van der Waals surface area (Å²) in [5, 5.41) is 3.42. The molecule has 5 heteroatoms. The SMILES string of the molecule is Cl.Cl.NC1=N[C@@H]2CCCC[C@H]2NC1. The zero-order chi connectivity index (χ0) is 7.68. The second kappa shape index (κ2) is 5.68. The van der Waals surface area contributed by atoms with E-state index in [-0.39, 0.29) is 24.8 Å². The van der Waals surface area contributed by atoms with E-state index in [0.717, 1.165) is 12.4 Å². The third-order valence-corrected chi connectivity index (χ3v) is 2.61. The molecule has 0 saturated heterocycles. The van der Waals surface area contributed by atoms with Crippen LogP contribution in [-0.4, -0.2) is 24.5 Å². The van der Waals surface area contributed by atoms with Gasteiger partial charge in [-0.25, -0.2) is 0 Å². The van der Waals surface area contributed by atoms with Crippen LogP contribution in [0, 0.1) is 0 Å². The van der Waals surface area contributed by atoms with Gasteiger partial charge in [0.1, 0.15) is 5.84 Å². The van der Waals surface area contributed by atoms with Gasteiger partial charge in [-0.3, -0.25) is 4.99 Å². The fourth-order valence-corrected chi connectivity index (χ4v) is 2.00. The predicted molar refractivity (Wildman–Crippen MR) is 60.2 cm³/mol. The Morgan fingerprint density at radius 2 is 1.92 bits per heavy atom. The first-order chi connectivity index (χ1) is 5.36. The molecular formula is C8H17Cl2N3. The van der Waals surface area contributed by atoms with Crippen LogP contribution < -0.4 is 11.1 Å². The maximum atomic E-state index is 5.63. The number of rotatable bonds is 0. The Balaban J connectivity index is 0.000000720. The molecule has 0 aromatic heterocycles. The monoisotopic (exact) mass is 225 g/mol. The molecule has 2 aliphatic rings. The van der Waals surface area contributed by atoms with E-state index in [1.807, 2.05) is 0 Å². The van der Waals surface area contributed by atoms with Crippen molar-refractivity contribution in [1.29, 1.82) is 0 Å². The van der Waals surface area contributed by atoms with Crippen LogP contribution >= 0.6 is 24.8 Å². The van der Waals surface area contributed by atoms with Gasteiger partial charge in [-0.15, -0.1) is 24.8 Å². The van der Waals surface area contributed by atoms with Crippen LogP contribution in [0.1, 0.15) is 25.7 Å². The van der Waals surface area contributed by atoms with Crippen molar-refractivity contribution in [3.8, 4) is 0 Å². The first kappa shape index (κ1) is 13.0. The van der Waals surface area contributed by atoms with Crippen molar-refractivity contribution in [3.63, 3.8) is 0 Å². The van der Waals surface area contributed by atoms with E-state index in [2.05, 4.69) is 10.3 Å². The molecule has 2 atom stereocenters. The van der Waals surface area contributed by atoms with E-state index in [4.69, 9.17) is 5.73 Å². The van der Waals surface area contributed by atoms with Gasteiger partial charge in [0.25, 0.3) is 0 Å². The molecule has 1 heterocycles. The molecule has 13 heavy (non-hydrogen) atoms. The number of halogens is 2. The molecule has 0 aromatic rings. The number of amidine groups is 1. The average molecular weight is 226 g/mol. The number of nitrogens with two attached hydrogens (primary N) is 1. The Morgan fingerprint density at radius 1 is 1.23 bits per heavy atom. The van der Waals surface area contributed by atoms with Crippen molar-refractivity contribution in [1.82, 2.24) is 5.32 Å². The van der Waals surface area contributed by atoms with E-state index >= 15 is 0 Å². The maximum absolute atomic E-state index is 5.63. The minimum absolute atomic E-state index is 0. The van der Waals surface area contributed by atoms with Crippen molar-refractivity contribution < 1.29 is 0 Å². The van der Waals surface area contributed by atoms with Gasteiger partial charge in [0.05, 0.1) is 12.6 Å². The van der Waals surface area contributed by atoms with Crippen LogP contribution in [-0.2, 0) is 0 Å². The van der Waals surface area contributed by atoms with Crippen molar-refractivity contribution in [2.24, 2.45) is 10.7 Å². The summed E-state index contributed by atoms with van der Waals surface area (Å²) in [4.78, 5) is 4.44. The Morgan fingerprint density at radius 3 is 2.69 bits per heavy atom. The maximum Gasteiger partial charge on any atom is 0.108 e. The summed E-state index contributed by atoms with van der Waals surface area (Å²) >= 11 is 0. The van der Waals surface area contributed by atoms with Gasteiger partial charge in [0.15, 0.2) is 0 Å². The highest BCUT2D eigenvalue weighted by molar-refractivity contribution is 5.85. The molecule has 1 aliphatic carbocycles. The summed E-state index contributed by atoms with van der Waals surface area (Å²) in [6.45, 7) is 0.793. The third kappa shape index (κ3) is 3.01. The van der Waals surface area contributed by atoms with Crippen molar-refractivity contribution in [3.05, 3.63) is 0 Å². The van der Waals surface area contributed by atoms with Gasteiger partial charge >= 0.3 is 0 Å². The summed E-state index contributed by atoms with van der Waals surface area (Å²) in [6, 6.07) is 1.11. The number of nitrogens with zero attached hydrogens (tertiary/aromatic N) is 1. The third-order valence-electron chi connectivity index (χ3n) is 2.61. The summed E-state index contributed by atoms with van der Waals surface area (Å²) < 4.78 is 0. The number of nitrogens with one attached hydrogen (secondary N) is 1. The minimum atomic E-state index is 0. The van der Waals surface area contributed by atoms with Gasteiger partial charge in [-0.2, -0.15) is 0 Å². The highest BCUT2D eigenvalue weighted by Crippen LogP contribution is 2.22. The summed E-state index contributed by atoms with van der Waals surface area (Å²) in [7, 11) is 0. The number of hydrogen-bond donors (Lipinski definition) is 2. The lowest BCUT2D eigenvalue weighted by atomic mass is 9.90. The fraction of sp³-hybridized carbons (Fsp3) is 0.875. The fourth-order valence-electron chi connectivity index (χ4n) is 2.00. The van der Waals surface area contributed by atoms with Gasteiger partial charge < -0.3 is 11.1 Å². The highest BCUT2D eigenvalue weighted by atomic mass is 35.5. The van der Waals surface area contributed by atoms with Crippen LogP contribution in [0.4, 0.5) is 0 Å². The number of hydrogen-bond acceptors (Lipinski definition) is 3. The molecular weight excluding hydrogens is 209 g/mol. The Bertz CT molecular complexity index is 184. The summed E-state index contributed by atoms with van der Waals surface area (Å²) in [5.41, 5.74) is 5.63. The zero-order valence-electron chi connectivity index (χ0n) is 7.53. The van der Waals surface area contributed by atoms with E-state index in [9.17, 15) is 0 Å². The smallest absolute Gasteiger partial charge is 0.108 e. The molecule has 0 unspecified atom stereocenters. The van der Waals surface area contributed by atoms with Crippen LogP contribution in [0.2, 0.25) is 0 Å². The average Bonchev–Trinajstić information content (AvgIpc) is 2.04. The lowest BCUT2D eigenvalue weighted by Gasteiger charge is -2.33. The largest absolute Gasteiger partial charge is 0.386 e. The van der Waals surface area contributed by atoms with Crippen LogP contribution in [0.3, 0.4) is 0 Å². The molecule has 0 bridgehead atoms. The lowest BCUT2D eigenvalue weighted by Crippen LogP contribution is -2.49. The molecule has 3 nitrogen and oxygen atoms in total. The van der Waals surface area contributed by atoms with Crippen molar-refractivity contribution in [2.75, 3.05) is 6.54 Å². The first-order valence-corrected chi connectivity index (χ1v) is 4.42. The van der Waals surface area contributed by atoms with Gasteiger partial charge in [0.2, 0.25) is 0 Å². The van der Waals surface area contributed by atoms with Gasteiger partial charge in [-0.1, -0.05) is 12.8 Å². The van der Waals surface area contributed by atoms with Crippen LogP contribution in [0.15, 0.2) is 4.99 Å².